The summed E-state index contributed by atoms with van der Waals surface area (Å²) in [5, 5.41) is 21.5. The maximum Gasteiger partial charge on any atom is 0.294 e. The van der Waals surface area contributed by atoms with Crippen LogP contribution >= 0.6 is 11.6 Å². The molecule has 1 N–H and O–H groups in total. The first-order valence-corrected chi connectivity index (χ1v) is 7.40. The highest BCUT2D eigenvalue weighted by molar-refractivity contribution is 6.31. The Kier molecular flexibility index (Phi) is 4.40. The SMILES string of the molecule is O=C(Cn1nnc2ccccc2c1=O)Nc1ccc(Cl)cc1[N+](=O)[O-]. The van der Waals surface area contributed by atoms with Gasteiger partial charge in [0.1, 0.15) is 17.7 Å². The first-order valence-electron chi connectivity index (χ1n) is 7.02. The van der Waals surface area contributed by atoms with Gasteiger partial charge in [-0.1, -0.05) is 28.9 Å². The second kappa shape index (κ2) is 6.65. The molecule has 0 aliphatic carbocycles. The molecule has 0 bridgehead atoms. The van der Waals surface area contributed by atoms with Crippen molar-refractivity contribution in [1.82, 2.24) is 15.0 Å². The number of aromatic nitrogens is 3. The number of carbonyl (C=O) groups excluding carboxylic acids is 1. The molecule has 0 spiro atoms. The number of carbonyl (C=O) groups is 1. The summed E-state index contributed by atoms with van der Waals surface area (Å²) in [5.74, 6) is -0.655. The van der Waals surface area contributed by atoms with E-state index in [2.05, 4.69) is 15.6 Å². The molecule has 0 aliphatic heterocycles. The van der Waals surface area contributed by atoms with E-state index in [1.165, 1.54) is 12.1 Å². The summed E-state index contributed by atoms with van der Waals surface area (Å²) in [6.45, 7) is -0.434. The molecular formula is C15H10ClN5O4. The van der Waals surface area contributed by atoms with Crippen molar-refractivity contribution in [2.75, 3.05) is 5.32 Å². The predicted octanol–water partition coefficient (Wildman–Crippen LogP) is 1.99. The second-order valence-corrected chi connectivity index (χ2v) is 5.47. The summed E-state index contributed by atoms with van der Waals surface area (Å²) in [4.78, 5) is 34.8. The van der Waals surface area contributed by atoms with Crippen LogP contribution < -0.4 is 10.9 Å². The van der Waals surface area contributed by atoms with Gasteiger partial charge in [0.2, 0.25) is 5.91 Å². The van der Waals surface area contributed by atoms with Gasteiger partial charge >= 0.3 is 0 Å². The molecule has 0 unspecified atom stereocenters. The van der Waals surface area contributed by atoms with Crippen molar-refractivity contribution in [2.24, 2.45) is 0 Å². The average Bonchev–Trinajstić information content (AvgIpc) is 2.59. The molecule has 3 aromatic rings. The highest BCUT2D eigenvalue weighted by Crippen LogP contribution is 2.27. The maximum absolute atomic E-state index is 12.3. The number of fused-ring (bicyclic) bond motifs is 1. The predicted molar refractivity (Wildman–Crippen MR) is 90.5 cm³/mol. The molecule has 1 aromatic heterocycles. The largest absolute Gasteiger partial charge is 0.319 e. The van der Waals surface area contributed by atoms with Gasteiger partial charge in [-0.05, 0) is 24.3 Å². The standard InChI is InChI=1S/C15H10ClN5O4/c16-9-5-6-12(13(7-9)21(24)25)17-14(22)8-20-15(23)10-3-1-2-4-11(10)18-19-20/h1-7H,8H2,(H,17,22). The number of hydrogen-bond donors (Lipinski definition) is 1. The van der Waals surface area contributed by atoms with Gasteiger partial charge in [-0.2, -0.15) is 0 Å². The molecule has 0 saturated heterocycles. The van der Waals surface area contributed by atoms with Crippen LogP contribution in [0.1, 0.15) is 0 Å². The molecule has 2 aromatic carbocycles. The van der Waals surface area contributed by atoms with E-state index in [1.54, 1.807) is 24.3 Å². The zero-order valence-electron chi connectivity index (χ0n) is 12.5. The van der Waals surface area contributed by atoms with E-state index < -0.39 is 22.9 Å². The first kappa shape index (κ1) is 16.5. The lowest BCUT2D eigenvalue weighted by Gasteiger charge is -2.07. The Morgan fingerprint density at radius 3 is 2.80 bits per heavy atom. The molecule has 9 nitrogen and oxygen atoms in total. The number of nitrogens with one attached hydrogen (secondary N) is 1. The molecule has 0 atom stereocenters. The molecule has 0 fully saturated rings. The molecule has 10 heteroatoms. The van der Waals surface area contributed by atoms with Crippen LogP contribution in [0.4, 0.5) is 11.4 Å². The summed E-state index contributed by atoms with van der Waals surface area (Å²) in [6.07, 6.45) is 0. The van der Waals surface area contributed by atoms with E-state index in [4.69, 9.17) is 11.6 Å². The smallest absolute Gasteiger partial charge is 0.294 e. The summed E-state index contributed by atoms with van der Waals surface area (Å²) < 4.78 is 0.888. The zero-order chi connectivity index (χ0) is 18.0. The topological polar surface area (TPSA) is 120 Å². The number of nitro benzene ring substituents is 1. The fraction of sp³-hybridized carbons (Fsp3) is 0.0667. The van der Waals surface area contributed by atoms with Crippen molar-refractivity contribution in [3.63, 3.8) is 0 Å². The fourth-order valence-electron chi connectivity index (χ4n) is 2.21. The van der Waals surface area contributed by atoms with Crippen molar-refractivity contribution >= 4 is 39.8 Å². The van der Waals surface area contributed by atoms with Gasteiger partial charge in [0, 0.05) is 11.1 Å². The average molecular weight is 360 g/mol. The molecule has 0 saturated carbocycles. The summed E-state index contributed by atoms with van der Waals surface area (Å²) in [7, 11) is 0. The Bertz CT molecular complexity index is 1050. The minimum absolute atomic E-state index is 0.0267. The number of nitro groups is 1. The third kappa shape index (κ3) is 3.45. The van der Waals surface area contributed by atoms with Gasteiger partial charge in [-0.3, -0.25) is 19.7 Å². The third-order valence-corrected chi connectivity index (χ3v) is 3.59. The normalized spacial score (nSPS) is 10.6. The Morgan fingerprint density at radius 2 is 2.04 bits per heavy atom. The van der Waals surface area contributed by atoms with E-state index >= 15 is 0 Å². The number of nitrogens with zero attached hydrogens (tertiary/aromatic N) is 4. The molecule has 0 radical (unpaired) electrons. The monoisotopic (exact) mass is 359 g/mol. The third-order valence-electron chi connectivity index (χ3n) is 3.35. The van der Waals surface area contributed by atoms with E-state index in [0.29, 0.717) is 10.9 Å². The van der Waals surface area contributed by atoms with Crippen LogP contribution in [0.25, 0.3) is 10.9 Å². The number of anilines is 1. The summed E-state index contributed by atoms with van der Waals surface area (Å²) >= 11 is 5.72. The van der Waals surface area contributed by atoms with Crippen molar-refractivity contribution in [3.05, 3.63) is 68.0 Å². The van der Waals surface area contributed by atoms with E-state index in [1.807, 2.05) is 0 Å². The van der Waals surface area contributed by atoms with E-state index in [-0.39, 0.29) is 16.4 Å². The minimum Gasteiger partial charge on any atom is -0.319 e. The van der Waals surface area contributed by atoms with Crippen molar-refractivity contribution < 1.29 is 9.72 Å². The highest BCUT2D eigenvalue weighted by Gasteiger charge is 2.17. The van der Waals surface area contributed by atoms with Gasteiger partial charge in [0.05, 0.1) is 10.3 Å². The van der Waals surface area contributed by atoms with Crippen molar-refractivity contribution in [3.8, 4) is 0 Å². The number of amides is 1. The number of benzene rings is 2. The lowest BCUT2D eigenvalue weighted by Crippen LogP contribution is -2.30. The molecule has 25 heavy (non-hydrogen) atoms. The molecule has 0 aliphatic rings. The van der Waals surface area contributed by atoms with Gasteiger partial charge in [-0.15, -0.1) is 5.10 Å². The van der Waals surface area contributed by atoms with Gasteiger partial charge in [0.25, 0.3) is 11.2 Å². The van der Waals surface area contributed by atoms with Crippen LogP contribution in [0.3, 0.4) is 0 Å². The number of rotatable bonds is 4. The van der Waals surface area contributed by atoms with Crippen LogP contribution in [-0.4, -0.2) is 25.8 Å². The Balaban J connectivity index is 1.86. The Labute approximate surface area is 145 Å². The summed E-state index contributed by atoms with van der Waals surface area (Å²) in [5.41, 5.74) is -0.442. The van der Waals surface area contributed by atoms with Crippen LogP contribution in [0, 0.1) is 10.1 Å². The Hall–Kier alpha value is -3.33. The van der Waals surface area contributed by atoms with Crippen molar-refractivity contribution in [1.29, 1.82) is 0 Å². The van der Waals surface area contributed by atoms with Crippen LogP contribution in [0.5, 0.6) is 0 Å². The van der Waals surface area contributed by atoms with Gasteiger partial charge in [0.15, 0.2) is 0 Å². The van der Waals surface area contributed by atoms with E-state index in [0.717, 1.165) is 10.7 Å². The molecule has 1 heterocycles. The second-order valence-electron chi connectivity index (χ2n) is 5.04. The highest BCUT2D eigenvalue weighted by atomic mass is 35.5. The van der Waals surface area contributed by atoms with Crippen molar-refractivity contribution in [2.45, 2.75) is 6.54 Å². The first-order chi connectivity index (χ1) is 12.0. The lowest BCUT2D eigenvalue weighted by molar-refractivity contribution is -0.383. The molecule has 1 amide bonds. The van der Waals surface area contributed by atoms with Crippen LogP contribution in [0.2, 0.25) is 5.02 Å². The Morgan fingerprint density at radius 1 is 1.28 bits per heavy atom. The molecular weight excluding hydrogens is 350 g/mol. The number of hydrogen-bond acceptors (Lipinski definition) is 6. The quantitative estimate of drug-likeness (QED) is 0.561. The molecule has 3 rings (SSSR count). The van der Waals surface area contributed by atoms with Crippen LogP contribution in [-0.2, 0) is 11.3 Å². The van der Waals surface area contributed by atoms with Crippen LogP contribution in [0.15, 0.2) is 47.3 Å². The lowest BCUT2D eigenvalue weighted by atomic mass is 10.2. The molecule has 126 valence electrons. The fourth-order valence-corrected chi connectivity index (χ4v) is 2.38. The minimum atomic E-state index is -0.663. The zero-order valence-corrected chi connectivity index (χ0v) is 13.3. The van der Waals surface area contributed by atoms with Gasteiger partial charge in [-0.25, -0.2) is 4.68 Å². The summed E-state index contributed by atoms with van der Waals surface area (Å²) in [6, 6.07) is 10.4. The maximum atomic E-state index is 12.3. The number of halogens is 1. The van der Waals surface area contributed by atoms with E-state index in [9.17, 15) is 19.7 Å². The van der Waals surface area contributed by atoms with Gasteiger partial charge < -0.3 is 5.32 Å².